The highest BCUT2D eigenvalue weighted by molar-refractivity contribution is 5.77. The summed E-state index contributed by atoms with van der Waals surface area (Å²) < 4.78 is 0. The van der Waals surface area contributed by atoms with Crippen molar-refractivity contribution in [1.29, 1.82) is 0 Å². The molecule has 2 heteroatoms. The number of nitrogens with zero attached hydrogens (tertiary/aromatic N) is 1. The number of rotatable bonds is 2. The predicted molar refractivity (Wildman–Crippen MR) is 38.2 cm³/mol. The van der Waals surface area contributed by atoms with Crippen molar-refractivity contribution in [3.05, 3.63) is 6.42 Å². The van der Waals surface area contributed by atoms with E-state index in [0.717, 1.165) is 25.4 Å². The number of carbonyl (C=O) groups excluding carboxylic acids is 1. The summed E-state index contributed by atoms with van der Waals surface area (Å²) in [6.45, 7) is 1.79. The van der Waals surface area contributed by atoms with Crippen LogP contribution in [-0.2, 0) is 4.79 Å². The number of likely N-dealkylation sites (tertiary alicyclic amines) is 1. The lowest BCUT2D eigenvalue weighted by molar-refractivity contribution is -0.133. The van der Waals surface area contributed by atoms with Crippen molar-refractivity contribution < 1.29 is 4.79 Å². The Bertz CT molecular complexity index is 147. The van der Waals surface area contributed by atoms with Crippen molar-refractivity contribution in [2.24, 2.45) is 5.92 Å². The summed E-state index contributed by atoms with van der Waals surface area (Å²) in [5.74, 6) is 1.11. The molecule has 1 saturated carbocycles. The Morgan fingerprint density at radius 3 is 2.60 bits per heavy atom. The largest absolute Gasteiger partial charge is 0.342 e. The lowest BCUT2D eigenvalue weighted by atomic mass is 10.2. The second-order valence-corrected chi connectivity index (χ2v) is 3.23. The summed E-state index contributed by atoms with van der Waals surface area (Å²) in [6.07, 6.45) is 5.51. The molecule has 1 amide bonds. The van der Waals surface area contributed by atoms with Crippen LogP contribution in [0.1, 0.15) is 19.3 Å². The number of carbonyl (C=O) groups is 1. The van der Waals surface area contributed by atoms with E-state index in [1.807, 2.05) is 4.90 Å². The van der Waals surface area contributed by atoms with E-state index in [2.05, 4.69) is 6.42 Å². The van der Waals surface area contributed by atoms with Crippen LogP contribution in [0.15, 0.2) is 0 Å². The van der Waals surface area contributed by atoms with E-state index in [1.165, 1.54) is 12.8 Å². The molecule has 2 nitrogen and oxygen atoms in total. The highest BCUT2D eigenvalue weighted by Gasteiger charge is 2.28. The van der Waals surface area contributed by atoms with Gasteiger partial charge >= 0.3 is 0 Å². The fourth-order valence-corrected chi connectivity index (χ4v) is 1.16. The van der Waals surface area contributed by atoms with Crippen LogP contribution in [0.3, 0.4) is 0 Å². The average molecular weight is 138 g/mol. The molecule has 2 fully saturated rings. The van der Waals surface area contributed by atoms with Gasteiger partial charge in [0, 0.05) is 25.9 Å². The standard InChI is InChI=1S/C8H12NO/c10-8(6-7-2-3-7)9-4-1-5-9/h1,7H,2-6H2. The van der Waals surface area contributed by atoms with Gasteiger partial charge in [-0.1, -0.05) is 0 Å². The van der Waals surface area contributed by atoms with Gasteiger partial charge in [-0.2, -0.15) is 0 Å². The molecule has 2 aliphatic rings. The van der Waals surface area contributed by atoms with Crippen LogP contribution in [0.5, 0.6) is 0 Å². The molecule has 0 aromatic carbocycles. The molecule has 10 heavy (non-hydrogen) atoms. The summed E-state index contributed by atoms with van der Waals surface area (Å²) in [6, 6.07) is 0. The smallest absolute Gasteiger partial charge is 0.222 e. The molecule has 0 atom stereocenters. The van der Waals surface area contributed by atoms with Gasteiger partial charge < -0.3 is 4.90 Å². The number of hydrogen-bond donors (Lipinski definition) is 0. The van der Waals surface area contributed by atoms with Gasteiger partial charge in [-0.05, 0) is 18.8 Å². The Morgan fingerprint density at radius 2 is 2.20 bits per heavy atom. The number of hydrogen-bond acceptors (Lipinski definition) is 1. The fraction of sp³-hybridized carbons (Fsp3) is 0.750. The van der Waals surface area contributed by atoms with E-state index in [4.69, 9.17) is 0 Å². The molecule has 0 unspecified atom stereocenters. The number of amides is 1. The fourth-order valence-electron chi connectivity index (χ4n) is 1.16. The van der Waals surface area contributed by atoms with Gasteiger partial charge in [0.2, 0.25) is 5.91 Å². The van der Waals surface area contributed by atoms with Gasteiger partial charge in [0.25, 0.3) is 0 Å². The van der Waals surface area contributed by atoms with Crippen LogP contribution < -0.4 is 0 Å². The summed E-state index contributed by atoms with van der Waals surface area (Å²) in [5, 5.41) is 0. The molecular weight excluding hydrogens is 126 g/mol. The third-order valence-electron chi connectivity index (χ3n) is 2.21. The zero-order valence-electron chi connectivity index (χ0n) is 6.05. The van der Waals surface area contributed by atoms with Crippen LogP contribution in [0, 0.1) is 12.3 Å². The van der Waals surface area contributed by atoms with E-state index in [1.54, 1.807) is 0 Å². The molecule has 0 N–H and O–H groups in total. The maximum absolute atomic E-state index is 11.2. The average Bonchev–Trinajstić information content (AvgIpc) is 2.43. The Labute approximate surface area is 61.2 Å². The van der Waals surface area contributed by atoms with Crippen LogP contribution >= 0.6 is 0 Å². The molecule has 1 heterocycles. The molecule has 55 valence electrons. The molecule has 2 rings (SSSR count). The van der Waals surface area contributed by atoms with Crippen LogP contribution in [-0.4, -0.2) is 23.9 Å². The normalized spacial score (nSPS) is 24.2. The quantitative estimate of drug-likeness (QED) is 0.553. The van der Waals surface area contributed by atoms with E-state index >= 15 is 0 Å². The minimum Gasteiger partial charge on any atom is -0.342 e. The molecule has 0 aromatic rings. The summed E-state index contributed by atoms with van der Waals surface area (Å²) >= 11 is 0. The molecule has 1 radical (unpaired) electrons. The summed E-state index contributed by atoms with van der Waals surface area (Å²) in [5.41, 5.74) is 0. The van der Waals surface area contributed by atoms with Crippen molar-refractivity contribution >= 4 is 5.91 Å². The molecule has 1 saturated heterocycles. The second-order valence-electron chi connectivity index (χ2n) is 3.23. The van der Waals surface area contributed by atoms with Gasteiger partial charge in [0.1, 0.15) is 0 Å². The second kappa shape index (κ2) is 2.26. The van der Waals surface area contributed by atoms with Crippen molar-refractivity contribution in [3.8, 4) is 0 Å². The molecular formula is C8H12NO. The van der Waals surface area contributed by atoms with E-state index < -0.39 is 0 Å². The zero-order chi connectivity index (χ0) is 6.97. The molecule has 0 bridgehead atoms. The predicted octanol–water partition coefficient (Wildman–Crippen LogP) is 0.833. The summed E-state index contributed by atoms with van der Waals surface area (Å²) in [4.78, 5) is 13.1. The Morgan fingerprint density at radius 1 is 1.50 bits per heavy atom. The van der Waals surface area contributed by atoms with E-state index in [-0.39, 0.29) is 0 Å². The Hall–Kier alpha value is -0.530. The molecule has 0 spiro atoms. The van der Waals surface area contributed by atoms with Crippen molar-refractivity contribution in [2.75, 3.05) is 13.1 Å². The molecule has 1 aliphatic heterocycles. The minimum absolute atomic E-state index is 0.366. The van der Waals surface area contributed by atoms with Crippen LogP contribution in [0.25, 0.3) is 0 Å². The van der Waals surface area contributed by atoms with Crippen molar-refractivity contribution in [2.45, 2.75) is 19.3 Å². The minimum atomic E-state index is 0.366. The lowest BCUT2D eigenvalue weighted by Gasteiger charge is -2.30. The van der Waals surface area contributed by atoms with E-state index in [9.17, 15) is 4.79 Å². The summed E-state index contributed by atoms with van der Waals surface area (Å²) in [7, 11) is 0. The molecule has 0 aromatic heterocycles. The molecule has 1 aliphatic carbocycles. The monoisotopic (exact) mass is 138 g/mol. The lowest BCUT2D eigenvalue weighted by Crippen LogP contribution is -2.42. The highest BCUT2D eigenvalue weighted by atomic mass is 16.2. The Kier molecular flexibility index (Phi) is 1.40. The Balaban J connectivity index is 1.74. The van der Waals surface area contributed by atoms with Gasteiger partial charge in [0.05, 0.1) is 0 Å². The maximum atomic E-state index is 11.2. The topological polar surface area (TPSA) is 20.3 Å². The first-order chi connectivity index (χ1) is 4.86. The maximum Gasteiger partial charge on any atom is 0.222 e. The van der Waals surface area contributed by atoms with E-state index in [0.29, 0.717) is 5.91 Å². The first-order valence-corrected chi connectivity index (χ1v) is 3.95. The van der Waals surface area contributed by atoms with Crippen LogP contribution in [0.4, 0.5) is 0 Å². The third kappa shape index (κ3) is 1.15. The van der Waals surface area contributed by atoms with Gasteiger partial charge in [-0.15, -0.1) is 0 Å². The van der Waals surface area contributed by atoms with Crippen molar-refractivity contribution in [1.82, 2.24) is 4.90 Å². The first-order valence-electron chi connectivity index (χ1n) is 3.95. The van der Waals surface area contributed by atoms with Gasteiger partial charge in [0.15, 0.2) is 0 Å². The van der Waals surface area contributed by atoms with Crippen LogP contribution in [0.2, 0.25) is 0 Å². The van der Waals surface area contributed by atoms with Crippen molar-refractivity contribution in [3.63, 3.8) is 0 Å². The van der Waals surface area contributed by atoms with Gasteiger partial charge in [-0.3, -0.25) is 4.79 Å². The SMILES string of the molecule is O=C(CC1CC1)N1C[CH]C1. The van der Waals surface area contributed by atoms with Gasteiger partial charge in [-0.25, -0.2) is 0 Å². The highest BCUT2D eigenvalue weighted by Crippen LogP contribution is 2.33. The first kappa shape index (κ1) is 6.20. The zero-order valence-corrected chi connectivity index (χ0v) is 6.05. The third-order valence-corrected chi connectivity index (χ3v) is 2.21.